The van der Waals surface area contributed by atoms with Gasteiger partial charge in [0.1, 0.15) is 11.6 Å². The molecule has 0 spiro atoms. The highest BCUT2D eigenvalue weighted by atomic mass is 32.2. The fourth-order valence-electron chi connectivity index (χ4n) is 0.883. The van der Waals surface area contributed by atoms with Crippen LogP contribution in [-0.2, 0) is 15.6 Å². The molecule has 0 saturated carbocycles. The summed E-state index contributed by atoms with van der Waals surface area (Å²) in [5.41, 5.74) is -0.460. The first kappa shape index (κ1) is 10.7. The molecule has 1 heterocycles. The quantitative estimate of drug-likeness (QED) is 0.685. The number of nitrogens with one attached hydrogen (secondary N) is 1. The van der Waals surface area contributed by atoms with Crippen LogP contribution in [-0.4, -0.2) is 29.7 Å². The molecule has 1 rings (SSSR count). The predicted octanol–water partition coefficient (Wildman–Crippen LogP) is -0.671. The van der Waals surface area contributed by atoms with Crippen molar-refractivity contribution in [1.29, 1.82) is 0 Å². The van der Waals surface area contributed by atoms with E-state index >= 15 is 0 Å². The van der Waals surface area contributed by atoms with Crippen molar-refractivity contribution >= 4 is 9.84 Å². The number of hydrogen-bond acceptors (Lipinski definition) is 5. The predicted molar refractivity (Wildman–Crippen MR) is 49.8 cm³/mol. The number of aromatic amines is 1. The molecular weight excluding hydrogens is 208 g/mol. The molecule has 0 atom stereocenters. The zero-order chi connectivity index (χ0) is 10.9. The van der Waals surface area contributed by atoms with Gasteiger partial charge in [0.2, 0.25) is 5.88 Å². The summed E-state index contributed by atoms with van der Waals surface area (Å²) in [7, 11) is -3.27. The van der Waals surface area contributed by atoms with Gasteiger partial charge in [-0.2, -0.15) is 4.98 Å². The van der Waals surface area contributed by atoms with Crippen LogP contribution in [0.3, 0.4) is 0 Å². The van der Waals surface area contributed by atoms with E-state index in [1.165, 1.54) is 6.92 Å². The van der Waals surface area contributed by atoms with E-state index in [0.29, 0.717) is 0 Å². The van der Waals surface area contributed by atoms with Crippen LogP contribution in [0.15, 0.2) is 4.79 Å². The minimum absolute atomic E-state index is 0.0550. The van der Waals surface area contributed by atoms with Gasteiger partial charge in [-0.3, -0.25) is 4.79 Å². The maximum Gasteiger partial charge on any atom is 0.257 e. The number of aromatic hydroxyl groups is 1. The van der Waals surface area contributed by atoms with Crippen molar-refractivity contribution in [2.75, 3.05) is 6.26 Å². The first-order valence-corrected chi connectivity index (χ1v) is 5.82. The van der Waals surface area contributed by atoms with E-state index in [0.717, 1.165) is 6.26 Å². The van der Waals surface area contributed by atoms with Gasteiger partial charge < -0.3 is 10.1 Å². The molecule has 0 saturated heterocycles. The van der Waals surface area contributed by atoms with E-state index in [9.17, 15) is 13.2 Å². The van der Waals surface area contributed by atoms with Crippen molar-refractivity contribution in [2.24, 2.45) is 0 Å². The van der Waals surface area contributed by atoms with E-state index in [1.807, 2.05) is 0 Å². The molecule has 0 aliphatic carbocycles. The molecule has 6 nitrogen and oxygen atoms in total. The third-order valence-electron chi connectivity index (χ3n) is 1.57. The minimum Gasteiger partial charge on any atom is -0.493 e. The number of sulfone groups is 1. The van der Waals surface area contributed by atoms with Crippen LogP contribution >= 0.6 is 0 Å². The Labute approximate surface area is 80.5 Å². The zero-order valence-electron chi connectivity index (χ0n) is 7.73. The highest BCUT2D eigenvalue weighted by molar-refractivity contribution is 7.89. The summed E-state index contributed by atoms with van der Waals surface area (Å²) >= 11 is 0. The maximum atomic E-state index is 11.1. The maximum absolute atomic E-state index is 11.1. The molecule has 1 aromatic heterocycles. The number of rotatable bonds is 2. The molecule has 2 N–H and O–H groups in total. The van der Waals surface area contributed by atoms with E-state index < -0.39 is 27.0 Å². The molecule has 7 heteroatoms. The van der Waals surface area contributed by atoms with Crippen LogP contribution < -0.4 is 5.56 Å². The third-order valence-corrected chi connectivity index (χ3v) is 2.37. The Morgan fingerprint density at radius 1 is 1.50 bits per heavy atom. The summed E-state index contributed by atoms with van der Waals surface area (Å²) in [6.07, 6.45) is 1.02. The van der Waals surface area contributed by atoms with Crippen LogP contribution in [0.4, 0.5) is 0 Å². The Hall–Kier alpha value is -1.37. The minimum atomic E-state index is -3.27. The lowest BCUT2D eigenvalue weighted by Gasteiger charge is -2.01. The van der Waals surface area contributed by atoms with Gasteiger partial charge in [-0.05, 0) is 6.92 Å². The smallest absolute Gasteiger partial charge is 0.257 e. The van der Waals surface area contributed by atoms with Crippen LogP contribution in [0.5, 0.6) is 5.88 Å². The summed E-state index contributed by atoms with van der Waals surface area (Å²) < 4.78 is 21.7. The van der Waals surface area contributed by atoms with E-state index in [2.05, 4.69) is 9.97 Å². The normalized spacial score (nSPS) is 11.6. The summed E-state index contributed by atoms with van der Waals surface area (Å²) in [6, 6.07) is 0. The fourth-order valence-corrected chi connectivity index (χ4v) is 1.52. The van der Waals surface area contributed by atoms with E-state index in [1.54, 1.807) is 0 Å². The van der Waals surface area contributed by atoms with Crippen molar-refractivity contribution in [3.8, 4) is 5.88 Å². The molecule has 0 aliphatic rings. The average Bonchev–Trinajstić information content (AvgIpc) is 1.96. The molecule has 0 amide bonds. The highest BCUT2D eigenvalue weighted by Gasteiger charge is 2.10. The van der Waals surface area contributed by atoms with Crippen molar-refractivity contribution in [3.63, 3.8) is 0 Å². The molecule has 0 fully saturated rings. The average molecular weight is 218 g/mol. The van der Waals surface area contributed by atoms with Crippen LogP contribution in [0.2, 0.25) is 0 Å². The van der Waals surface area contributed by atoms with Crippen LogP contribution in [0.25, 0.3) is 0 Å². The van der Waals surface area contributed by atoms with Gasteiger partial charge in [-0.25, -0.2) is 8.42 Å². The van der Waals surface area contributed by atoms with Gasteiger partial charge in [0.15, 0.2) is 9.84 Å². The molecule has 0 aliphatic heterocycles. The van der Waals surface area contributed by atoms with Gasteiger partial charge in [0.25, 0.3) is 5.56 Å². The van der Waals surface area contributed by atoms with Crippen molar-refractivity contribution in [1.82, 2.24) is 9.97 Å². The number of aromatic nitrogens is 2. The zero-order valence-corrected chi connectivity index (χ0v) is 8.55. The van der Waals surface area contributed by atoms with Crippen molar-refractivity contribution in [2.45, 2.75) is 12.7 Å². The monoisotopic (exact) mass is 218 g/mol. The van der Waals surface area contributed by atoms with Gasteiger partial charge in [0.05, 0.1) is 5.56 Å². The largest absolute Gasteiger partial charge is 0.493 e. The first-order valence-electron chi connectivity index (χ1n) is 3.76. The molecule has 78 valence electrons. The molecular formula is C7H10N2O4S. The summed E-state index contributed by atoms with van der Waals surface area (Å²) in [6.45, 7) is 1.39. The standard InChI is InChI=1S/C7H10N2O4S/c1-4-6(10)8-5(9-7(4)11)3-14(2,12)13/h3H2,1-2H3,(H2,8,9,10,11). The Bertz CT molecular complexity index is 503. The molecule has 14 heavy (non-hydrogen) atoms. The lowest BCUT2D eigenvalue weighted by Crippen LogP contribution is -2.16. The Balaban J connectivity index is 3.21. The second kappa shape index (κ2) is 3.41. The summed E-state index contributed by atoms with van der Waals surface area (Å²) in [5, 5.41) is 9.15. The highest BCUT2D eigenvalue weighted by Crippen LogP contribution is 2.07. The van der Waals surface area contributed by atoms with Crippen LogP contribution in [0, 0.1) is 6.92 Å². The molecule has 0 aromatic carbocycles. The van der Waals surface area contributed by atoms with E-state index in [-0.39, 0.29) is 11.4 Å². The Kier molecular flexibility index (Phi) is 2.61. The molecule has 0 radical (unpaired) electrons. The summed E-state index contributed by atoms with van der Waals surface area (Å²) in [4.78, 5) is 16.9. The van der Waals surface area contributed by atoms with Gasteiger partial charge in [-0.1, -0.05) is 0 Å². The van der Waals surface area contributed by atoms with Gasteiger partial charge in [0, 0.05) is 6.26 Å². The number of nitrogens with zero attached hydrogens (tertiary/aromatic N) is 1. The van der Waals surface area contributed by atoms with Gasteiger partial charge >= 0.3 is 0 Å². The lowest BCUT2D eigenvalue weighted by atomic mass is 10.3. The molecule has 0 unspecified atom stereocenters. The molecule has 0 bridgehead atoms. The van der Waals surface area contributed by atoms with Gasteiger partial charge in [-0.15, -0.1) is 0 Å². The number of H-pyrrole nitrogens is 1. The SMILES string of the molecule is Cc1c(O)nc(CS(C)(=O)=O)[nH]c1=O. The fraction of sp³-hybridized carbons (Fsp3) is 0.429. The topological polar surface area (TPSA) is 100 Å². The van der Waals surface area contributed by atoms with Crippen molar-refractivity contribution < 1.29 is 13.5 Å². The Morgan fingerprint density at radius 3 is 2.50 bits per heavy atom. The second-order valence-corrected chi connectivity index (χ2v) is 5.17. The van der Waals surface area contributed by atoms with E-state index in [4.69, 9.17) is 5.11 Å². The van der Waals surface area contributed by atoms with Crippen molar-refractivity contribution in [3.05, 3.63) is 21.7 Å². The summed E-state index contributed by atoms with van der Waals surface area (Å²) in [5.74, 6) is -0.885. The lowest BCUT2D eigenvalue weighted by molar-refractivity contribution is 0.443. The third kappa shape index (κ3) is 2.56. The second-order valence-electron chi connectivity index (χ2n) is 3.03. The first-order chi connectivity index (χ1) is 6.29. The van der Waals surface area contributed by atoms with Crippen LogP contribution in [0.1, 0.15) is 11.4 Å². The Morgan fingerprint density at radius 2 is 2.07 bits per heavy atom. The molecule has 1 aromatic rings. The number of hydrogen-bond donors (Lipinski definition) is 2.